The first-order chi connectivity index (χ1) is 12.7. The van der Waals surface area contributed by atoms with Gasteiger partial charge >= 0.3 is 0 Å². The van der Waals surface area contributed by atoms with Crippen molar-refractivity contribution in [3.05, 3.63) is 36.8 Å². The van der Waals surface area contributed by atoms with E-state index in [1.54, 1.807) is 11.0 Å². The first kappa shape index (κ1) is 16.2. The minimum atomic E-state index is -0.0279. The van der Waals surface area contributed by atoms with Crippen molar-refractivity contribution in [3.8, 4) is 5.82 Å². The number of amides is 1. The number of rotatable bonds is 4. The summed E-state index contributed by atoms with van der Waals surface area (Å²) in [5.41, 5.74) is 0.919. The number of carbonyl (C=O) groups excluding carboxylic acids is 1. The van der Waals surface area contributed by atoms with E-state index in [0.29, 0.717) is 11.6 Å². The molecule has 0 spiro atoms. The van der Waals surface area contributed by atoms with Gasteiger partial charge in [-0.05, 0) is 19.8 Å². The zero-order valence-corrected chi connectivity index (χ0v) is 14.3. The van der Waals surface area contributed by atoms with Crippen molar-refractivity contribution in [2.24, 2.45) is 5.92 Å². The molecule has 4 rings (SSSR count). The summed E-state index contributed by atoms with van der Waals surface area (Å²) in [7, 11) is 0. The van der Waals surface area contributed by atoms with Gasteiger partial charge in [0, 0.05) is 36.8 Å². The zero-order valence-electron chi connectivity index (χ0n) is 14.3. The van der Waals surface area contributed by atoms with Gasteiger partial charge in [0.25, 0.3) is 0 Å². The molecule has 0 saturated carbocycles. The molecule has 3 aromatic heterocycles. The average Bonchev–Trinajstić information content (AvgIpc) is 3.34. The molecular weight excluding hydrogens is 334 g/mol. The summed E-state index contributed by atoms with van der Waals surface area (Å²) in [6, 6.07) is 3.70. The normalized spacial score (nSPS) is 15.2. The first-order valence-electron chi connectivity index (χ1n) is 8.44. The van der Waals surface area contributed by atoms with Crippen LogP contribution < -0.4 is 10.2 Å². The SMILES string of the molecule is Cc1cc(NC(=O)C2CCN(c3cc(-n4cncn4)ncn3)CC2)n[nH]1. The van der Waals surface area contributed by atoms with Gasteiger partial charge in [0.05, 0.1) is 0 Å². The Morgan fingerprint density at radius 3 is 2.69 bits per heavy atom. The number of aryl methyl sites for hydroxylation is 1. The fourth-order valence-corrected chi connectivity index (χ4v) is 3.04. The van der Waals surface area contributed by atoms with Crippen molar-refractivity contribution in [3.63, 3.8) is 0 Å². The molecule has 0 atom stereocenters. The summed E-state index contributed by atoms with van der Waals surface area (Å²) < 4.78 is 1.59. The third-order valence-electron chi connectivity index (χ3n) is 4.44. The van der Waals surface area contributed by atoms with E-state index in [-0.39, 0.29) is 11.8 Å². The van der Waals surface area contributed by atoms with Gasteiger partial charge in [-0.1, -0.05) is 0 Å². The Morgan fingerprint density at radius 1 is 1.19 bits per heavy atom. The van der Waals surface area contributed by atoms with Gasteiger partial charge in [0.15, 0.2) is 11.6 Å². The van der Waals surface area contributed by atoms with Crippen LogP contribution in [0.25, 0.3) is 5.82 Å². The van der Waals surface area contributed by atoms with Crippen molar-refractivity contribution in [2.75, 3.05) is 23.3 Å². The Kier molecular flexibility index (Phi) is 4.30. The number of carbonyl (C=O) groups is 1. The van der Waals surface area contributed by atoms with Crippen LogP contribution in [-0.2, 0) is 4.79 Å². The largest absolute Gasteiger partial charge is 0.356 e. The summed E-state index contributed by atoms with van der Waals surface area (Å²) in [5, 5.41) is 13.8. The second-order valence-electron chi connectivity index (χ2n) is 6.26. The molecule has 1 amide bonds. The molecule has 2 N–H and O–H groups in total. The highest BCUT2D eigenvalue weighted by Crippen LogP contribution is 2.23. The monoisotopic (exact) mass is 353 g/mol. The van der Waals surface area contributed by atoms with E-state index in [2.05, 4.69) is 40.5 Å². The molecule has 0 unspecified atom stereocenters. The zero-order chi connectivity index (χ0) is 17.9. The van der Waals surface area contributed by atoms with Gasteiger partial charge in [0.2, 0.25) is 5.91 Å². The van der Waals surface area contributed by atoms with Crippen LogP contribution in [0.15, 0.2) is 31.1 Å². The quantitative estimate of drug-likeness (QED) is 0.717. The van der Waals surface area contributed by atoms with Crippen molar-refractivity contribution >= 4 is 17.5 Å². The number of hydrogen-bond acceptors (Lipinski definition) is 7. The van der Waals surface area contributed by atoms with E-state index >= 15 is 0 Å². The maximum atomic E-state index is 12.4. The molecule has 1 aliphatic heterocycles. The maximum Gasteiger partial charge on any atom is 0.228 e. The van der Waals surface area contributed by atoms with E-state index in [1.165, 1.54) is 12.7 Å². The number of aromatic amines is 1. The van der Waals surface area contributed by atoms with E-state index in [1.807, 2.05) is 19.1 Å². The fraction of sp³-hybridized carbons (Fsp3) is 0.375. The molecule has 0 radical (unpaired) electrons. The van der Waals surface area contributed by atoms with Gasteiger partial charge in [-0.2, -0.15) is 10.2 Å². The summed E-state index contributed by atoms with van der Waals surface area (Å²) >= 11 is 0. The van der Waals surface area contributed by atoms with E-state index in [0.717, 1.165) is 37.4 Å². The lowest BCUT2D eigenvalue weighted by molar-refractivity contribution is -0.120. The van der Waals surface area contributed by atoms with Crippen LogP contribution in [0.5, 0.6) is 0 Å². The lowest BCUT2D eigenvalue weighted by atomic mass is 9.96. The van der Waals surface area contributed by atoms with E-state index < -0.39 is 0 Å². The Bertz CT molecular complexity index is 881. The van der Waals surface area contributed by atoms with Crippen molar-refractivity contribution < 1.29 is 4.79 Å². The van der Waals surface area contributed by atoms with Crippen LogP contribution in [0.4, 0.5) is 11.6 Å². The van der Waals surface area contributed by atoms with Crippen LogP contribution in [0, 0.1) is 12.8 Å². The van der Waals surface area contributed by atoms with Crippen LogP contribution in [0.1, 0.15) is 18.5 Å². The molecule has 1 saturated heterocycles. The second-order valence-corrected chi connectivity index (χ2v) is 6.26. The Hall–Kier alpha value is -3.30. The lowest BCUT2D eigenvalue weighted by Crippen LogP contribution is -2.38. The number of aromatic nitrogens is 7. The summed E-state index contributed by atoms with van der Waals surface area (Å²) in [5.74, 6) is 2.05. The molecule has 0 aromatic carbocycles. The molecular formula is C16H19N9O. The van der Waals surface area contributed by atoms with E-state index in [4.69, 9.17) is 0 Å². The third-order valence-corrected chi connectivity index (χ3v) is 4.44. The number of nitrogens with one attached hydrogen (secondary N) is 2. The minimum absolute atomic E-state index is 0.0159. The summed E-state index contributed by atoms with van der Waals surface area (Å²) in [6.45, 7) is 3.41. The first-order valence-corrected chi connectivity index (χ1v) is 8.44. The molecule has 134 valence electrons. The molecule has 10 nitrogen and oxygen atoms in total. The van der Waals surface area contributed by atoms with Crippen LogP contribution in [0.2, 0.25) is 0 Å². The Labute approximate surface area is 149 Å². The van der Waals surface area contributed by atoms with Crippen LogP contribution in [-0.4, -0.2) is 53.9 Å². The molecule has 1 aliphatic rings. The smallest absolute Gasteiger partial charge is 0.228 e. The maximum absolute atomic E-state index is 12.4. The van der Waals surface area contributed by atoms with Gasteiger partial charge < -0.3 is 10.2 Å². The number of H-pyrrole nitrogens is 1. The number of anilines is 2. The van der Waals surface area contributed by atoms with Gasteiger partial charge in [-0.3, -0.25) is 9.89 Å². The average molecular weight is 353 g/mol. The van der Waals surface area contributed by atoms with Gasteiger partial charge in [-0.15, -0.1) is 0 Å². The third kappa shape index (κ3) is 3.39. The highest BCUT2D eigenvalue weighted by molar-refractivity contribution is 5.91. The predicted octanol–water partition coefficient (Wildman–Crippen LogP) is 0.944. The Morgan fingerprint density at radius 2 is 2.00 bits per heavy atom. The highest BCUT2D eigenvalue weighted by Gasteiger charge is 2.26. The van der Waals surface area contributed by atoms with Gasteiger partial charge in [0.1, 0.15) is 24.8 Å². The number of hydrogen-bond donors (Lipinski definition) is 2. The molecule has 0 bridgehead atoms. The van der Waals surface area contributed by atoms with Crippen LogP contribution in [0.3, 0.4) is 0 Å². The molecule has 1 fully saturated rings. The van der Waals surface area contributed by atoms with E-state index in [9.17, 15) is 4.79 Å². The number of nitrogens with zero attached hydrogens (tertiary/aromatic N) is 7. The summed E-state index contributed by atoms with van der Waals surface area (Å²) in [6.07, 6.45) is 6.10. The molecule has 10 heteroatoms. The fourth-order valence-electron chi connectivity index (χ4n) is 3.04. The van der Waals surface area contributed by atoms with Crippen molar-refractivity contribution in [1.29, 1.82) is 0 Å². The predicted molar refractivity (Wildman–Crippen MR) is 93.8 cm³/mol. The van der Waals surface area contributed by atoms with Crippen molar-refractivity contribution in [2.45, 2.75) is 19.8 Å². The number of piperidine rings is 1. The van der Waals surface area contributed by atoms with Crippen LogP contribution >= 0.6 is 0 Å². The highest BCUT2D eigenvalue weighted by atomic mass is 16.2. The lowest BCUT2D eigenvalue weighted by Gasteiger charge is -2.32. The minimum Gasteiger partial charge on any atom is -0.356 e. The molecule has 3 aromatic rings. The Balaban J connectivity index is 1.37. The molecule has 4 heterocycles. The summed E-state index contributed by atoms with van der Waals surface area (Å²) in [4.78, 5) is 27.1. The van der Waals surface area contributed by atoms with Crippen molar-refractivity contribution in [1.82, 2.24) is 34.9 Å². The molecule has 26 heavy (non-hydrogen) atoms. The topological polar surface area (TPSA) is 118 Å². The molecule has 0 aliphatic carbocycles. The second kappa shape index (κ2) is 6.90. The van der Waals surface area contributed by atoms with Gasteiger partial charge in [-0.25, -0.2) is 19.6 Å². The standard InChI is InChI=1S/C16H19N9O/c1-11-6-13(23-22-11)21-16(26)12-2-4-24(5-3-12)14-7-15(19-9-18-14)25-10-17-8-20-25/h6-10,12H,2-5H2,1H3,(H2,21,22,23,26).